The third-order valence-electron chi connectivity index (χ3n) is 9.00. The Morgan fingerprint density at radius 2 is 1.49 bits per heavy atom. The number of hydrogen-bond acceptors (Lipinski definition) is 10. The highest BCUT2D eigenvalue weighted by Gasteiger charge is 2.36. The lowest BCUT2D eigenvalue weighted by atomic mass is 9.93. The largest absolute Gasteiger partial charge is 0.508 e. The molecular formula is C36H58N8O9. The van der Waals surface area contributed by atoms with Gasteiger partial charge in [0.1, 0.15) is 29.9 Å². The zero-order valence-corrected chi connectivity index (χ0v) is 31.1. The molecule has 17 nitrogen and oxygen atoms in total. The van der Waals surface area contributed by atoms with Gasteiger partial charge in [-0.2, -0.15) is 0 Å². The number of nitrogens with two attached hydrogens (primary N) is 3. The maximum absolute atomic E-state index is 13.8. The van der Waals surface area contributed by atoms with E-state index in [0.717, 1.165) is 0 Å². The number of piperidine rings is 1. The lowest BCUT2D eigenvalue weighted by Gasteiger charge is -2.36. The molecule has 0 unspecified atom stereocenters. The van der Waals surface area contributed by atoms with Crippen molar-refractivity contribution in [3.63, 3.8) is 0 Å². The number of carboxylic acids is 1. The van der Waals surface area contributed by atoms with Crippen molar-refractivity contribution >= 4 is 41.4 Å². The van der Waals surface area contributed by atoms with Crippen molar-refractivity contribution in [2.75, 3.05) is 19.6 Å². The molecule has 12 N–H and O–H groups in total. The van der Waals surface area contributed by atoms with Crippen LogP contribution in [0.1, 0.15) is 78.2 Å². The van der Waals surface area contributed by atoms with Gasteiger partial charge in [0.25, 0.3) is 0 Å². The maximum Gasteiger partial charge on any atom is 0.326 e. The maximum atomic E-state index is 13.8. The average molecular weight is 747 g/mol. The Balaban J connectivity index is 2.23. The highest BCUT2D eigenvalue weighted by molar-refractivity contribution is 5.95. The molecular weight excluding hydrogens is 688 g/mol. The predicted octanol–water partition coefficient (Wildman–Crippen LogP) is -0.769. The van der Waals surface area contributed by atoms with E-state index in [9.17, 15) is 43.8 Å². The SMILES string of the molecule is CC(C)C[C@H](NC(=O)[C@@H]1CCCN(C(=O)[C@@H](NC(=O)[C@@H](N)CC(N)=O)C(C)C)C1)C(=O)N[C@@H](Cc1ccc(O)cc1)C(=O)N[C@@H](CCCCN)C(=O)O. The number of likely N-dealkylation sites (tertiary alicyclic amines) is 1. The Kier molecular flexibility index (Phi) is 18.2. The first-order chi connectivity index (χ1) is 24.9. The molecule has 1 aliphatic heterocycles. The van der Waals surface area contributed by atoms with E-state index in [0.29, 0.717) is 44.3 Å². The van der Waals surface area contributed by atoms with Gasteiger partial charge in [-0.1, -0.05) is 39.8 Å². The minimum Gasteiger partial charge on any atom is -0.508 e. The molecule has 1 heterocycles. The van der Waals surface area contributed by atoms with Crippen LogP contribution in [0.3, 0.4) is 0 Å². The fraction of sp³-hybridized carbons (Fsp3) is 0.639. The fourth-order valence-electron chi connectivity index (χ4n) is 6.04. The molecule has 2 rings (SSSR count). The highest BCUT2D eigenvalue weighted by Crippen LogP contribution is 2.20. The Hall–Kier alpha value is -4.77. The lowest BCUT2D eigenvalue weighted by Crippen LogP contribution is -2.59. The number of hydrogen-bond donors (Lipinski definition) is 9. The van der Waals surface area contributed by atoms with Crippen LogP contribution in [-0.4, -0.2) is 106 Å². The smallest absolute Gasteiger partial charge is 0.326 e. The number of unbranched alkanes of at least 4 members (excludes halogenated alkanes) is 1. The fourth-order valence-corrected chi connectivity index (χ4v) is 6.04. The molecule has 17 heteroatoms. The van der Waals surface area contributed by atoms with Crippen molar-refractivity contribution in [3.8, 4) is 5.75 Å². The zero-order chi connectivity index (χ0) is 39.8. The molecule has 1 aromatic rings. The van der Waals surface area contributed by atoms with E-state index in [4.69, 9.17) is 17.2 Å². The normalized spacial score (nSPS) is 17.2. The van der Waals surface area contributed by atoms with Crippen LogP contribution in [0.25, 0.3) is 0 Å². The minimum absolute atomic E-state index is 0.00111. The van der Waals surface area contributed by atoms with Crippen molar-refractivity contribution in [3.05, 3.63) is 29.8 Å². The second-order valence-electron chi connectivity index (χ2n) is 14.4. The Labute approximate surface area is 310 Å². The monoisotopic (exact) mass is 746 g/mol. The first-order valence-electron chi connectivity index (χ1n) is 18.2. The van der Waals surface area contributed by atoms with Crippen molar-refractivity contribution < 1.29 is 43.8 Å². The molecule has 1 saturated heterocycles. The first-order valence-corrected chi connectivity index (χ1v) is 18.2. The van der Waals surface area contributed by atoms with E-state index in [1.54, 1.807) is 26.0 Å². The van der Waals surface area contributed by atoms with Gasteiger partial charge in [-0.15, -0.1) is 0 Å². The molecule has 0 aromatic heterocycles. The summed E-state index contributed by atoms with van der Waals surface area (Å²) in [6, 6.07) is 0.294. The number of primary amides is 1. The van der Waals surface area contributed by atoms with Crippen molar-refractivity contribution in [1.82, 2.24) is 26.2 Å². The Morgan fingerprint density at radius 3 is 2.06 bits per heavy atom. The molecule has 1 aromatic carbocycles. The number of aliphatic carboxylic acids is 1. The highest BCUT2D eigenvalue weighted by atomic mass is 16.4. The van der Waals surface area contributed by atoms with Gasteiger partial charge in [-0.25, -0.2) is 4.79 Å². The van der Waals surface area contributed by atoms with Crippen molar-refractivity contribution in [2.24, 2.45) is 35.0 Å². The molecule has 1 aliphatic rings. The molecule has 296 valence electrons. The van der Waals surface area contributed by atoms with Gasteiger partial charge in [-0.05, 0) is 74.6 Å². The van der Waals surface area contributed by atoms with Crippen molar-refractivity contribution in [1.29, 1.82) is 0 Å². The topological polar surface area (TPSA) is 289 Å². The summed E-state index contributed by atoms with van der Waals surface area (Å²) >= 11 is 0. The number of rotatable bonds is 21. The van der Waals surface area contributed by atoms with Gasteiger partial charge in [0.15, 0.2) is 0 Å². The van der Waals surface area contributed by atoms with E-state index < -0.39 is 77.5 Å². The molecule has 53 heavy (non-hydrogen) atoms. The zero-order valence-electron chi connectivity index (χ0n) is 31.1. The van der Waals surface area contributed by atoms with Crippen LogP contribution in [0.15, 0.2) is 24.3 Å². The Morgan fingerprint density at radius 1 is 0.868 bits per heavy atom. The number of carbonyl (C=O) groups excluding carboxylic acids is 6. The van der Waals surface area contributed by atoms with Gasteiger partial charge in [-0.3, -0.25) is 28.8 Å². The van der Waals surface area contributed by atoms with Gasteiger partial charge in [0.2, 0.25) is 35.4 Å². The summed E-state index contributed by atoms with van der Waals surface area (Å²) in [4.78, 5) is 91.9. The second kappa shape index (κ2) is 21.7. The molecule has 6 atom stereocenters. The number of carbonyl (C=O) groups is 7. The van der Waals surface area contributed by atoms with E-state index in [2.05, 4.69) is 21.3 Å². The summed E-state index contributed by atoms with van der Waals surface area (Å²) in [5.74, 6) is -6.05. The summed E-state index contributed by atoms with van der Waals surface area (Å²) in [5.41, 5.74) is 17.1. The molecule has 0 bridgehead atoms. The van der Waals surface area contributed by atoms with Gasteiger partial charge < -0.3 is 53.6 Å². The van der Waals surface area contributed by atoms with Crippen LogP contribution in [0.2, 0.25) is 0 Å². The van der Waals surface area contributed by atoms with Gasteiger partial charge >= 0.3 is 5.97 Å². The molecule has 1 fully saturated rings. The van der Waals surface area contributed by atoms with Gasteiger partial charge in [0, 0.05) is 19.5 Å². The number of carboxylic acid groups (broad SMARTS) is 1. The molecule has 0 saturated carbocycles. The van der Waals surface area contributed by atoms with Crippen LogP contribution < -0.4 is 38.5 Å². The number of nitrogens with one attached hydrogen (secondary N) is 4. The molecule has 6 amide bonds. The summed E-state index contributed by atoms with van der Waals surface area (Å²) in [6.07, 6.45) is 1.88. The number of phenolic OH excluding ortho intramolecular Hbond substituents is 1. The van der Waals surface area contributed by atoms with Crippen LogP contribution in [0.5, 0.6) is 5.75 Å². The number of benzene rings is 1. The van der Waals surface area contributed by atoms with E-state index in [1.165, 1.54) is 17.0 Å². The van der Waals surface area contributed by atoms with Crippen LogP contribution in [0, 0.1) is 17.8 Å². The van der Waals surface area contributed by atoms with Crippen LogP contribution >= 0.6 is 0 Å². The van der Waals surface area contributed by atoms with Crippen molar-refractivity contribution in [2.45, 2.75) is 109 Å². The predicted molar refractivity (Wildman–Crippen MR) is 195 cm³/mol. The summed E-state index contributed by atoms with van der Waals surface area (Å²) in [7, 11) is 0. The number of nitrogens with zero attached hydrogens (tertiary/aromatic N) is 1. The van der Waals surface area contributed by atoms with Crippen LogP contribution in [0.4, 0.5) is 0 Å². The second-order valence-corrected chi connectivity index (χ2v) is 14.4. The van der Waals surface area contributed by atoms with E-state index >= 15 is 0 Å². The van der Waals surface area contributed by atoms with E-state index in [1.807, 2.05) is 13.8 Å². The quantitative estimate of drug-likeness (QED) is 0.0704. The summed E-state index contributed by atoms with van der Waals surface area (Å²) in [6.45, 7) is 7.94. The minimum atomic E-state index is -1.23. The molecule has 0 spiro atoms. The first kappa shape index (κ1) is 44.4. The number of phenols is 1. The average Bonchev–Trinajstić information content (AvgIpc) is 3.09. The lowest BCUT2D eigenvalue weighted by molar-refractivity contribution is -0.143. The summed E-state index contributed by atoms with van der Waals surface area (Å²) in [5, 5.41) is 30.1. The van der Waals surface area contributed by atoms with E-state index in [-0.39, 0.29) is 49.8 Å². The van der Waals surface area contributed by atoms with Crippen LogP contribution in [-0.2, 0) is 40.0 Å². The Bertz CT molecular complexity index is 1420. The number of amides is 6. The number of aromatic hydroxyl groups is 1. The summed E-state index contributed by atoms with van der Waals surface area (Å²) < 4.78 is 0. The van der Waals surface area contributed by atoms with Gasteiger partial charge in [0.05, 0.1) is 18.4 Å². The third kappa shape index (κ3) is 15.0. The molecule has 0 radical (unpaired) electrons. The standard InChI is InChI=1S/C36H58N8O9/c1-20(2)16-27(33(49)42-28(17-22-10-12-24(45)13-11-22)34(50)40-26(36(52)53)9-5-6-14-37)41-31(47)23-8-7-15-44(19-23)35(51)30(21(3)4)43-32(48)25(38)18-29(39)46/h10-13,20-21,23,25-28,30,45H,5-9,14-19,37-38H2,1-4H3,(H2,39,46)(H,40,50)(H,41,47)(H,42,49)(H,43,48)(H,52,53)/t23-,25+,26+,27+,28+,30+/m1/s1. The molecule has 0 aliphatic carbocycles. The third-order valence-corrected chi connectivity index (χ3v) is 9.00.